The lowest BCUT2D eigenvalue weighted by Gasteiger charge is -2.42. The van der Waals surface area contributed by atoms with Gasteiger partial charge in [0.15, 0.2) is 0 Å². The molecule has 0 saturated carbocycles. The van der Waals surface area contributed by atoms with Crippen molar-refractivity contribution in [1.29, 1.82) is 0 Å². The van der Waals surface area contributed by atoms with Crippen LogP contribution in [0.5, 0.6) is 5.75 Å². The molecule has 27 heavy (non-hydrogen) atoms. The van der Waals surface area contributed by atoms with E-state index in [2.05, 4.69) is 97.2 Å². The van der Waals surface area contributed by atoms with Gasteiger partial charge in [-0.25, -0.2) is 0 Å². The molecule has 156 valence electrons. The molecular weight excluding hydrogens is 332 g/mol. The molecule has 1 aromatic rings. The first kappa shape index (κ1) is 24.0. The lowest BCUT2D eigenvalue weighted by Crippen LogP contribution is -2.38. The van der Waals surface area contributed by atoms with Crippen LogP contribution in [-0.2, 0) is 0 Å². The molecule has 1 rings (SSSR count). The molecule has 0 heterocycles. The summed E-state index contributed by atoms with van der Waals surface area (Å²) in [7, 11) is 0. The van der Waals surface area contributed by atoms with Crippen LogP contribution in [0.2, 0.25) is 0 Å². The minimum absolute atomic E-state index is 0.0363. The monoisotopic (exact) mass is 376 g/mol. The average Bonchev–Trinajstić information content (AvgIpc) is 2.56. The van der Waals surface area contributed by atoms with Gasteiger partial charge in [0.25, 0.3) is 0 Å². The topological polar surface area (TPSA) is 26.7 Å². The van der Waals surface area contributed by atoms with E-state index in [0.717, 1.165) is 37.3 Å². The summed E-state index contributed by atoms with van der Waals surface area (Å²) in [4.78, 5) is 4.92. The summed E-state index contributed by atoms with van der Waals surface area (Å²) in [6.07, 6.45) is 0. The Bertz CT molecular complexity index is 527. The van der Waals surface area contributed by atoms with Gasteiger partial charge in [-0.15, -0.1) is 0 Å². The van der Waals surface area contributed by atoms with E-state index in [-0.39, 0.29) is 22.9 Å². The van der Waals surface area contributed by atoms with Crippen LogP contribution in [-0.4, -0.2) is 41.1 Å². The Labute approximate surface area is 168 Å². The molecule has 0 bridgehead atoms. The number of hydrogen-bond donors (Lipinski definition) is 1. The van der Waals surface area contributed by atoms with Crippen LogP contribution >= 0.6 is 0 Å². The zero-order chi connectivity index (χ0) is 21.0. The van der Waals surface area contributed by atoms with E-state index in [1.165, 1.54) is 0 Å². The van der Waals surface area contributed by atoms with Crippen molar-refractivity contribution in [2.75, 3.05) is 26.2 Å². The highest BCUT2D eigenvalue weighted by Crippen LogP contribution is 2.47. The fourth-order valence-corrected chi connectivity index (χ4v) is 4.62. The molecular formula is C24H44N2O. The lowest BCUT2D eigenvalue weighted by atomic mass is 9.77. The van der Waals surface area contributed by atoms with E-state index in [9.17, 15) is 5.11 Å². The second-order valence-corrected chi connectivity index (χ2v) is 9.76. The summed E-state index contributed by atoms with van der Waals surface area (Å²) in [5.41, 5.74) is 2.19. The third kappa shape index (κ3) is 5.48. The van der Waals surface area contributed by atoms with Crippen molar-refractivity contribution in [3.8, 4) is 5.75 Å². The van der Waals surface area contributed by atoms with Crippen molar-refractivity contribution in [3.05, 3.63) is 29.3 Å². The Kier molecular flexibility index (Phi) is 8.37. The summed E-state index contributed by atoms with van der Waals surface area (Å²) in [5, 5.41) is 11.5. The largest absolute Gasteiger partial charge is 0.507 e. The van der Waals surface area contributed by atoms with Crippen molar-refractivity contribution in [2.24, 2.45) is 10.8 Å². The number of rotatable bonds is 8. The molecule has 0 aromatic heterocycles. The van der Waals surface area contributed by atoms with E-state index in [1.54, 1.807) is 0 Å². The van der Waals surface area contributed by atoms with Gasteiger partial charge in [0.2, 0.25) is 0 Å². The van der Waals surface area contributed by atoms with E-state index in [0.29, 0.717) is 5.75 Å². The van der Waals surface area contributed by atoms with E-state index in [1.807, 2.05) is 0 Å². The highest BCUT2D eigenvalue weighted by molar-refractivity contribution is 5.45. The molecule has 3 nitrogen and oxygen atoms in total. The van der Waals surface area contributed by atoms with Gasteiger partial charge in [0, 0.05) is 23.2 Å². The third-order valence-corrected chi connectivity index (χ3v) is 5.68. The second kappa shape index (κ2) is 9.43. The van der Waals surface area contributed by atoms with Crippen molar-refractivity contribution in [2.45, 2.75) is 81.3 Å². The van der Waals surface area contributed by atoms with Gasteiger partial charge in [-0.3, -0.25) is 9.80 Å². The Hall–Kier alpha value is -1.06. The smallest absolute Gasteiger partial charge is 0.125 e. The first-order valence-corrected chi connectivity index (χ1v) is 10.7. The Morgan fingerprint density at radius 2 is 1.00 bits per heavy atom. The molecule has 0 radical (unpaired) electrons. The van der Waals surface area contributed by atoms with Crippen LogP contribution in [0.1, 0.15) is 92.4 Å². The predicted octanol–water partition coefficient (Wildman–Crippen LogP) is 6.25. The Balaban J connectivity index is 3.63. The first-order chi connectivity index (χ1) is 12.4. The minimum Gasteiger partial charge on any atom is -0.507 e. The summed E-state index contributed by atoms with van der Waals surface area (Å²) in [6.45, 7) is 26.3. The van der Waals surface area contributed by atoms with Crippen molar-refractivity contribution in [3.63, 3.8) is 0 Å². The standard InChI is InChI=1S/C24H44N2O/c1-11-25(12-2)21(23(5,6)7)18-16-15-17-19(20(18)27)22(24(8,9)10)26(13-3)14-4/h15-17,21-22,27H,11-14H2,1-10H3. The predicted molar refractivity (Wildman–Crippen MR) is 118 cm³/mol. The third-order valence-electron chi connectivity index (χ3n) is 5.68. The maximum atomic E-state index is 11.5. The molecule has 0 amide bonds. The van der Waals surface area contributed by atoms with Crippen molar-refractivity contribution in [1.82, 2.24) is 9.80 Å². The molecule has 0 aliphatic heterocycles. The number of nitrogens with zero attached hydrogens (tertiary/aromatic N) is 2. The van der Waals surface area contributed by atoms with Gasteiger partial charge in [-0.05, 0) is 37.0 Å². The minimum atomic E-state index is 0.0363. The molecule has 0 fully saturated rings. The maximum absolute atomic E-state index is 11.5. The van der Waals surface area contributed by atoms with Gasteiger partial charge < -0.3 is 5.11 Å². The molecule has 1 aromatic carbocycles. The Morgan fingerprint density at radius 1 is 0.704 bits per heavy atom. The van der Waals surface area contributed by atoms with Gasteiger partial charge in [0.1, 0.15) is 5.75 Å². The van der Waals surface area contributed by atoms with Crippen LogP contribution in [0.25, 0.3) is 0 Å². The molecule has 3 heteroatoms. The average molecular weight is 377 g/mol. The maximum Gasteiger partial charge on any atom is 0.125 e. The number of benzene rings is 1. The van der Waals surface area contributed by atoms with Crippen LogP contribution in [0.4, 0.5) is 0 Å². The van der Waals surface area contributed by atoms with Crippen LogP contribution in [0.15, 0.2) is 18.2 Å². The lowest BCUT2D eigenvalue weighted by molar-refractivity contribution is 0.0999. The van der Waals surface area contributed by atoms with Gasteiger partial charge in [-0.1, -0.05) is 87.4 Å². The normalized spacial score (nSPS) is 15.4. The van der Waals surface area contributed by atoms with Crippen LogP contribution in [0, 0.1) is 10.8 Å². The molecule has 0 aliphatic carbocycles. The van der Waals surface area contributed by atoms with E-state index < -0.39 is 0 Å². The zero-order valence-corrected chi connectivity index (χ0v) is 19.6. The Morgan fingerprint density at radius 3 is 1.22 bits per heavy atom. The van der Waals surface area contributed by atoms with E-state index in [4.69, 9.17) is 0 Å². The SMILES string of the molecule is CCN(CC)C(c1cccc(C(N(CC)CC)C(C)(C)C)c1O)C(C)(C)C. The van der Waals surface area contributed by atoms with Crippen LogP contribution in [0.3, 0.4) is 0 Å². The van der Waals surface area contributed by atoms with Gasteiger partial charge in [0.05, 0.1) is 0 Å². The second-order valence-electron chi connectivity index (χ2n) is 9.76. The first-order valence-electron chi connectivity index (χ1n) is 10.7. The number of phenols is 1. The summed E-state index contributed by atoms with van der Waals surface area (Å²) < 4.78 is 0. The molecule has 1 N–H and O–H groups in total. The van der Waals surface area contributed by atoms with Gasteiger partial charge >= 0.3 is 0 Å². The number of para-hydroxylation sites is 1. The molecule has 0 aliphatic rings. The molecule has 2 unspecified atom stereocenters. The zero-order valence-electron chi connectivity index (χ0n) is 19.6. The molecule has 2 atom stereocenters. The molecule has 0 saturated heterocycles. The highest BCUT2D eigenvalue weighted by Gasteiger charge is 2.36. The van der Waals surface area contributed by atoms with E-state index >= 15 is 0 Å². The summed E-state index contributed by atoms with van der Waals surface area (Å²) in [6, 6.07) is 6.74. The fraction of sp³-hybridized carbons (Fsp3) is 0.750. The highest BCUT2D eigenvalue weighted by atomic mass is 16.3. The fourth-order valence-electron chi connectivity index (χ4n) is 4.62. The summed E-state index contributed by atoms with van der Waals surface area (Å²) in [5.74, 6) is 0.483. The number of aromatic hydroxyl groups is 1. The van der Waals surface area contributed by atoms with Crippen molar-refractivity contribution < 1.29 is 5.11 Å². The number of hydrogen-bond acceptors (Lipinski definition) is 3. The quantitative estimate of drug-likeness (QED) is 0.581. The van der Waals surface area contributed by atoms with Crippen molar-refractivity contribution >= 4 is 0 Å². The summed E-state index contributed by atoms with van der Waals surface area (Å²) >= 11 is 0. The molecule has 0 spiro atoms. The number of phenolic OH excluding ortho intramolecular Hbond substituents is 1. The van der Waals surface area contributed by atoms with Gasteiger partial charge in [-0.2, -0.15) is 0 Å². The van der Waals surface area contributed by atoms with Crippen LogP contribution < -0.4 is 0 Å².